The van der Waals surface area contributed by atoms with Gasteiger partial charge in [0, 0.05) is 56.3 Å². The minimum Gasteiger partial charge on any atom is -0.493 e. The second-order valence-corrected chi connectivity index (χ2v) is 8.58. The smallest absolute Gasteiger partial charge is 0.162 e. The third-order valence-electron chi connectivity index (χ3n) is 6.01. The number of para-hydroxylation sites is 2. The Labute approximate surface area is 196 Å². The predicted octanol–water partition coefficient (Wildman–Crippen LogP) is 5.68. The van der Waals surface area contributed by atoms with Gasteiger partial charge in [0.2, 0.25) is 0 Å². The minimum absolute atomic E-state index is 0.137. The Kier molecular flexibility index (Phi) is 8.05. The molecule has 1 heterocycles. The van der Waals surface area contributed by atoms with Crippen molar-refractivity contribution in [2.45, 2.75) is 19.1 Å². The van der Waals surface area contributed by atoms with Crippen LogP contribution in [0.2, 0.25) is 5.02 Å². The van der Waals surface area contributed by atoms with Crippen LogP contribution < -0.4 is 9.47 Å². The van der Waals surface area contributed by atoms with Crippen molar-refractivity contribution in [3.63, 3.8) is 0 Å². The van der Waals surface area contributed by atoms with Gasteiger partial charge in [0.15, 0.2) is 11.5 Å². The zero-order valence-electron chi connectivity index (χ0n) is 18.6. The predicted molar refractivity (Wildman–Crippen MR) is 131 cm³/mol. The molecule has 3 aromatic rings. The molecule has 0 bridgehead atoms. The number of ether oxygens (including phenoxy) is 2. The van der Waals surface area contributed by atoms with E-state index in [1.165, 1.54) is 5.56 Å². The number of hydrogen-bond acceptors (Lipinski definition) is 4. The molecule has 1 saturated heterocycles. The molecule has 3 aromatic carbocycles. The average Bonchev–Trinajstić information content (AvgIpc) is 2.84. The van der Waals surface area contributed by atoms with E-state index in [4.69, 9.17) is 21.1 Å². The third-order valence-corrected chi connectivity index (χ3v) is 6.36. The van der Waals surface area contributed by atoms with Gasteiger partial charge in [0.05, 0.1) is 7.11 Å². The van der Waals surface area contributed by atoms with Crippen molar-refractivity contribution < 1.29 is 9.47 Å². The molecule has 32 heavy (non-hydrogen) atoms. The van der Waals surface area contributed by atoms with Crippen LogP contribution in [0.3, 0.4) is 0 Å². The zero-order valence-corrected chi connectivity index (χ0v) is 19.4. The summed E-state index contributed by atoms with van der Waals surface area (Å²) in [4.78, 5) is 5.06. The maximum Gasteiger partial charge on any atom is 0.162 e. The van der Waals surface area contributed by atoms with Crippen LogP contribution in [-0.4, -0.2) is 49.6 Å². The average molecular weight is 451 g/mol. The summed E-state index contributed by atoms with van der Waals surface area (Å²) in [5.41, 5.74) is 2.40. The molecule has 1 aliphatic rings. The molecule has 4 nitrogen and oxygen atoms in total. The normalized spacial score (nSPS) is 15.9. The van der Waals surface area contributed by atoms with Crippen LogP contribution in [0.15, 0.2) is 78.9 Å². The molecule has 1 fully saturated rings. The molecule has 0 amide bonds. The van der Waals surface area contributed by atoms with E-state index in [1.54, 1.807) is 7.11 Å². The van der Waals surface area contributed by atoms with Gasteiger partial charge in [0.25, 0.3) is 0 Å². The lowest BCUT2D eigenvalue weighted by Gasteiger charge is -2.35. The van der Waals surface area contributed by atoms with Crippen molar-refractivity contribution in [1.29, 1.82) is 0 Å². The van der Waals surface area contributed by atoms with Crippen molar-refractivity contribution in [2.75, 3.05) is 39.8 Å². The van der Waals surface area contributed by atoms with E-state index >= 15 is 0 Å². The van der Waals surface area contributed by atoms with Gasteiger partial charge in [-0.1, -0.05) is 72.3 Å². The number of piperazine rings is 1. The number of rotatable bonds is 9. The first kappa shape index (κ1) is 22.7. The number of hydrogen-bond donors (Lipinski definition) is 0. The lowest BCUT2D eigenvalue weighted by atomic mass is 10.1. The van der Waals surface area contributed by atoms with Gasteiger partial charge in [-0.2, -0.15) is 0 Å². The van der Waals surface area contributed by atoms with Crippen LogP contribution in [0.4, 0.5) is 0 Å². The van der Waals surface area contributed by atoms with E-state index in [9.17, 15) is 0 Å². The number of halogens is 1. The van der Waals surface area contributed by atoms with Crippen molar-refractivity contribution in [1.82, 2.24) is 9.80 Å². The quantitative estimate of drug-likeness (QED) is 0.419. The fraction of sp³-hybridized carbons (Fsp3) is 0.333. The van der Waals surface area contributed by atoms with Crippen LogP contribution >= 0.6 is 11.6 Å². The molecule has 0 N–H and O–H groups in total. The lowest BCUT2D eigenvalue weighted by Crippen LogP contribution is -2.46. The van der Waals surface area contributed by atoms with Gasteiger partial charge in [-0.3, -0.25) is 4.90 Å². The Bertz CT molecular complexity index is 974. The molecule has 168 valence electrons. The summed E-state index contributed by atoms with van der Waals surface area (Å²) < 4.78 is 11.9. The molecule has 1 atom stereocenters. The first-order valence-corrected chi connectivity index (χ1v) is 11.6. The summed E-state index contributed by atoms with van der Waals surface area (Å²) in [6, 6.07) is 26.5. The molecular weight excluding hydrogens is 420 g/mol. The standard InChI is InChI=1S/C27H31ClN2O2/c1-31-26-13-7-8-14-27(26)32-25(23-11-5-6-12-24(23)28)15-16-29-17-19-30(20-18-29)21-22-9-3-2-4-10-22/h2-14,25H,15-21H2,1H3/t25-/m1/s1. The monoisotopic (exact) mass is 450 g/mol. The van der Waals surface area contributed by atoms with Crippen LogP contribution in [-0.2, 0) is 6.54 Å². The number of benzene rings is 3. The van der Waals surface area contributed by atoms with E-state index in [0.717, 1.165) is 67.8 Å². The molecule has 1 aliphatic heterocycles. The van der Waals surface area contributed by atoms with Gasteiger partial charge < -0.3 is 14.4 Å². The highest BCUT2D eigenvalue weighted by molar-refractivity contribution is 6.31. The largest absolute Gasteiger partial charge is 0.493 e. The van der Waals surface area contributed by atoms with E-state index in [-0.39, 0.29) is 6.10 Å². The van der Waals surface area contributed by atoms with Crippen molar-refractivity contribution in [3.05, 3.63) is 95.0 Å². The second-order valence-electron chi connectivity index (χ2n) is 8.17. The van der Waals surface area contributed by atoms with Gasteiger partial charge in [-0.25, -0.2) is 0 Å². The maximum absolute atomic E-state index is 6.55. The summed E-state index contributed by atoms with van der Waals surface area (Å²) in [6.45, 7) is 6.28. The molecule has 0 unspecified atom stereocenters. The van der Waals surface area contributed by atoms with Crippen LogP contribution in [0, 0.1) is 0 Å². The third kappa shape index (κ3) is 6.04. The maximum atomic E-state index is 6.55. The Morgan fingerprint density at radius 3 is 2.12 bits per heavy atom. The van der Waals surface area contributed by atoms with E-state index in [1.807, 2.05) is 42.5 Å². The molecule has 0 aliphatic carbocycles. The Hall–Kier alpha value is -2.53. The van der Waals surface area contributed by atoms with E-state index in [0.29, 0.717) is 0 Å². The second kappa shape index (κ2) is 11.4. The highest BCUT2D eigenvalue weighted by Crippen LogP contribution is 2.34. The zero-order chi connectivity index (χ0) is 22.2. The Morgan fingerprint density at radius 1 is 0.781 bits per heavy atom. The van der Waals surface area contributed by atoms with Gasteiger partial charge in [0.1, 0.15) is 6.10 Å². The minimum atomic E-state index is -0.137. The van der Waals surface area contributed by atoms with E-state index in [2.05, 4.69) is 46.2 Å². The highest BCUT2D eigenvalue weighted by atomic mass is 35.5. The molecular formula is C27H31ClN2O2. The molecule has 4 rings (SSSR count). The van der Waals surface area contributed by atoms with Gasteiger partial charge in [-0.05, 0) is 23.8 Å². The highest BCUT2D eigenvalue weighted by Gasteiger charge is 2.22. The van der Waals surface area contributed by atoms with Crippen LogP contribution in [0.5, 0.6) is 11.5 Å². The van der Waals surface area contributed by atoms with E-state index < -0.39 is 0 Å². The first-order valence-electron chi connectivity index (χ1n) is 11.3. The summed E-state index contributed by atoms with van der Waals surface area (Å²) >= 11 is 6.55. The molecule has 0 aromatic heterocycles. The van der Waals surface area contributed by atoms with Gasteiger partial charge in [-0.15, -0.1) is 0 Å². The van der Waals surface area contributed by atoms with Crippen LogP contribution in [0.25, 0.3) is 0 Å². The first-order chi connectivity index (χ1) is 15.7. The van der Waals surface area contributed by atoms with Crippen molar-refractivity contribution >= 4 is 11.6 Å². The summed E-state index contributed by atoms with van der Waals surface area (Å²) in [6.07, 6.45) is 0.725. The fourth-order valence-electron chi connectivity index (χ4n) is 4.20. The number of methoxy groups -OCH3 is 1. The fourth-order valence-corrected chi connectivity index (χ4v) is 4.45. The molecule has 0 spiro atoms. The van der Waals surface area contributed by atoms with Crippen molar-refractivity contribution in [2.24, 2.45) is 0 Å². The SMILES string of the molecule is COc1ccccc1O[C@H](CCN1CCN(Cc2ccccc2)CC1)c1ccccc1Cl. The number of nitrogens with zero attached hydrogens (tertiary/aromatic N) is 2. The van der Waals surface area contributed by atoms with Crippen molar-refractivity contribution in [3.8, 4) is 11.5 Å². The Balaban J connectivity index is 1.37. The summed E-state index contributed by atoms with van der Waals surface area (Å²) in [5, 5.41) is 0.736. The van der Waals surface area contributed by atoms with Gasteiger partial charge >= 0.3 is 0 Å². The lowest BCUT2D eigenvalue weighted by molar-refractivity contribution is 0.106. The Morgan fingerprint density at radius 2 is 1.41 bits per heavy atom. The molecule has 0 radical (unpaired) electrons. The molecule has 5 heteroatoms. The topological polar surface area (TPSA) is 24.9 Å². The summed E-state index contributed by atoms with van der Waals surface area (Å²) in [7, 11) is 1.67. The molecule has 0 saturated carbocycles. The van der Waals surface area contributed by atoms with Crippen LogP contribution in [0.1, 0.15) is 23.7 Å². The summed E-state index contributed by atoms with van der Waals surface area (Å²) in [5.74, 6) is 1.48.